The molecule has 0 fully saturated rings. The zero-order chi connectivity index (χ0) is 14.4. The van der Waals surface area contributed by atoms with E-state index in [1.54, 1.807) is 12.1 Å². The van der Waals surface area contributed by atoms with Gasteiger partial charge in [-0.2, -0.15) is 0 Å². The second-order valence-corrected chi connectivity index (χ2v) is 5.22. The average molecular weight is 304 g/mol. The minimum Gasteiger partial charge on any atom is -0.397 e. The van der Waals surface area contributed by atoms with Gasteiger partial charge in [-0.1, -0.05) is 30.1 Å². The molecule has 0 aliphatic carbocycles. The molecule has 0 heterocycles. The molecule has 1 aromatic rings. The molecule has 1 rings (SSSR count). The number of benzene rings is 1. The van der Waals surface area contributed by atoms with Gasteiger partial charge in [0, 0.05) is 19.0 Å². The van der Waals surface area contributed by atoms with E-state index < -0.39 is 0 Å². The van der Waals surface area contributed by atoms with Crippen molar-refractivity contribution in [2.75, 3.05) is 17.6 Å². The number of hydrogen-bond acceptors (Lipinski definition) is 3. The minimum atomic E-state index is 0.0143. The Bertz CT molecular complexity index is 452. The normalized spacial score (nSPS) is 12.0. The Labute approximate surface area is 123 Å². The van der Waals surface area contributed by atoms with Crippen molar-refractivity contribution in [3.05, 3.63) is 22.2 Å². The van der Waals surface area contributed by atoms with Crippen LogP contribution >= 0.6 is 23.2 Å². The molecular formula is C13H19Cl2N3O. The van der Waals surface area contributed by atoms with Crippen molar-refractivity contribution in [1.29, 1.82) is 0 Å². The molecule has 0 saturated carbocycles. The Kier molecular flexibility index (Phi) is 6.25. The van der Waals surface area contributed by atoms with Crippen LogP contribution < -0.4 is 16.4 Å². The summed E-state index contributed by atoms with van der Waals surface area (Å²) in [7, 11) is 0. The van der Waals surface area contributed by atoms with E-state index in [2.05, 4.69) is 10.6 Å². The molecule has 0 saturated heterocycles. The molecule has 19 heavy (non-hydrogen) atoms. The number of nitrogens with two attached hydrogens (primary N) is 1. The van der Waals surface area contributed by atoms with Gasteiger partial charge in [0.1, 0.15) is 0 Å². The summed E-state index contributed by atoms with van der Waals surface area (Å²) in [4.78, 5) is 11.6. The summed E-state index contributed by atoms with van der Waals surface area (Å²) in [6.07, 6.45) is 1.29. The summed E-state index contributed by atoms with van der Waals surface area (Å²) >= 11 is 11.7. The summed E-state index contributed by atoms with van der Waals surface area (Å²) in [5.41, 5.74) is 7.00. The standard InChI is InChI=1S/C13H19Cl2N3O/c1-3-8(2)18-13(19)4-5-17-12-7-10(15)9(14)6-11(12)16/h6-8,17H,3-5,16H2,1-2H3,(H,18,19). The number of halogens is 2. The van der Waals surface area contributed by atoms with Crippen LogP contribution in [0.5, 0.6) is 0 Å². The summed E-state index contributed by atoms with van der Waals surface area (Å²) in [5.74, 6) is 0.0143. The topological polar surface area (TPSA) is 67.2 Å². The molecule has 0 aliphatic heterocycles. The van der Waals surface area contributed by atoms with Crippen LogP contribution in [0.4, 0.5) is 11.4 Å². The first-order valence-electron chi connectivity index (χ1n) is 6.21. The summed E-state index contributed by atoms with van der Waals surface area (Å²) in [6, 6.07) is 3.44. The van der Waals surface area contributed by atoms with Crippen LogP contribution in [0.2, 0.25) is 10.0 Å². The SMILES string of the molecule is CCC(C)NC(=O)CCNc1cc(Cl)c(Cl)cc1N. The molecule has 4 nitrogen and oxygen atoms in total. The number of nitrogen functional groups attached to an aromatic ring is 1. The lowest BCUT2D eigenvalue weighted by Gasteiger charge is -2.13. The van der Waals surface area contributed by atoms with Gasteiger partial charge in [0.15, 0.2) is 0 Å². The highest BCUT2D eigenvalue weighted by Crippen LogP contribution is 2.30. The summed E-state index contributed by atoms with van der Waals surface area (Å²) in [6.45, 7) is 4.49. The number of hydrogen-bond donors (Lipinski definition) is 3. The maximum absolute atomic E-state index is 11.6. The zero-order valence-electron chi connectivity index (χ0n) is 11.1. The first-order valence-corrected chi connectivity index (χ1v) is 6.97. The van der Waals surface area contributed by atoms with Crippen molar-refractivity contribution in [1.82, 2.24) is 5.32 Å². The molecule has 0 radical (unpaired) electrons. The Hall–Kier alpha value is -1.13. The van der Waals surface area contributed by atoms with Crippen LogP contribution in [0.1, 0.15) is 26.7 Å². The van der Waals surface area contributed by atoms with E-state index in [9.17, 15) is 4.79 Å². The van der Waals surface area contributed by atoms with Gasteiger partial charge in [0.2, 0.25) is 5.91 Å². The molecule has 0 aromatic heterocycles. The summed E-state index contributed by atoms with van der Waals surface area (Å²) in [5, 5.41) is 6.82. The van der Waals surface area contributed by atoms with Crippen molar-refractivity contribution in [3.63, 3.8) is 0 Å². The number of anilines is 2. The molecule has 4 N–H and O–H groups in total. The first kappa shape index (κ1) is 15.9. The van der Waals surface area contributed by atoms with Gasteiger partial charge in [0.05, 0.1) is 21.4 Å². The number of rotatable bonds is 6. The predicted molar refractivity (Wildman–Crippen MR) is 81.9 cm³/mol. The smallest absolute Gasteiger partial charge is 0.221 e. The number of carbonyl (C=O) groups is 1. The quantitative estimate of drug-likeness (QED) is 0.706. The highest BCUT2D eigenvalue weighted by molar-refractivity contribution is 6.42. The van der Waals surface area contributed by atoms with Crippen LogP contribution in [0, 0.1) is 0 Å². The molecule has 1 amide bonds. The van der Waals surface area contributed by atoms with Gasteiger partial charge in [-0.15, -0.1) is 0 Å². The van der Waals surface area contributed by atoms with E-state index in [-0.39, 0.29) is 11.9 Å². The van der Waals surface area contributed by atoms with Gasteiger partial charge < -0.3 is 16.4 Å². The number of amides is 1. The fourth-order valence-corrected chi connectivity index (χ4v) is 1.81. The highest BCUT2D eigenvalue weighted by atomic mass is 35.5. The van der Waals surface area contributed by atoms with E-state index in [0.29, 0.717) is 34.4 Å². The molecule has 0 spiro atoms. The Morgan fingerprint density at radius 2 is 2.00 bits per heavy atom. The lowest BCUT2D eigenvalue weighted by atomic mass is 10.2. The van der Waals surface area contributed by atoms with Crippen molar-refractivity contribution >= 4 is 40.5 Å². The van der Waals surface area contributed by atoms with Crippen molar-refractivity contribution in [3.8, 4) is 0 Å². The second kappa shape index (κ2) is 7.46. The third-order valence-corrected chi connectivity index (χ3v) is 3.50. The van der Waals surface area contributed by atoms with Crippen LogP contribution in [0.25, 0.3) is 0 Å². The molecule has 0 aliphatic rings. The first-order chi connectivity index (χ1) is 8.93. The van der Waals surface area contributed by atoms with E-state index in [1.807, 2.05) is 13.8 Å². The maximum Gasteiger partial charge on any atom is 0.221 e. The van der Waals surface area contributed by atoms with Crippen LogP contribution in [0.15, 0.2) is 12.1 Å². The number of nitrogens with one attached hydrogen (secondary N) is 2. The Morgan fingerprint density at radius 3 is 2.63 bits per heavy atom. The molecule has 1 atom stereocenters. The van der Waals surface area contributed by atoms with Gasteiger partial charge in [-0.05, 0) is 25.5 Å². The number of carbonyl (C=O) groups excluding carboxylic acids is 1. The molecule has 6 heteroatoms. The lowest BCUT2D eigenvalue weighted by molar-refractivity contribution is -0.121. The highest BCUT2D eigenvalue weighted by Gasteiger charge is 2.07. The minimum absolute atomic E-state index is 0.0143. The van der Waals surface area contributed by atoms with Crippen LogP contribution in [-0.2, 0) is 4.79 Å². The van der Waals surface area contributed by atoms with E-state index in [4.69, 9.17) is 28.9 Å². The molecule has 0 bridgehead atoms. The van der Waals surface area contributed by atoms with E-state index >= 15 is 0 Å². The predicted octanol–water partition coefficient (Wildman–Crippen LogP) is 3.29. The Balaban J connectivity index is 2.45. The molecule has 106 valence electrons. The van der Waals surface area contributed by atoms with Crippen molar-refractivity contribution in [2.24, 2.45) is 0 Å². The third kappa shape index (κ3) is 5.17. The van der Waals surface area contributed by atoms with Crippen molar-refractivity contribution < 1.29 is 4.79 Å². The molecular weight excluding hydrogens is 285 g/mol. The van der Waals surface area contributed by atoms with Gasteiger partial charge in [-0.25, -0.2) is 0 Å². The van der Waals surface area contributed by atoms with Gasteiger partial charge in [-0.3, -0.25) is 4.79 Å². The summed E-state index contributed by atoms with van der Waals surface area (Å²) < 4.78 is 0. The van der Waals surface area contributed by atoms with E-state index in [0.717, 1.165) is 6.42 Å². The molecule has 1 aromatic carbocycles. The van der Waals surface area contributed by atoms with Gasteiger partial charge >= 0.3 is 0 Å². The van der Waals surface area contributed by atoms with Crippen LogP contribution in [0.3, 0.4) is 0 Å². The Morgan fingerprint density at radius 1 is 1.37 bits per heavy atom. The van der Waals surface area contributed by atoms with Gasteiger partial charge in [0.25, 0.3) is 0 Å². The fraction of sp³-hybridized carbons (Fsp3) is 0.462. The fourth-order valence-electron chi connectivity index (χ4n) is 1.48. The average Bonchev–Trinajstić information content (AvgIpc) is 2.35. The zero-order valence-corrected chi connectivity index (χ0v) is 12.6. The van der Waals surface area contributed by atoms with Crippen molar-refractivity contribution in [2.45, 2.75) is 32.7 Å². The monoisotopic (exact) mass is 303 g/mol. The maximum atomic E-state index is 11.6. The largest absolute Gasteiger partial charge is 0.397 e. The third-order valence-electron chi connectivity index (χ3n) is 2.78. The van der Waals surface area contributed by atoms with E-state index in [1.165, 1.54) is 0 Å². The van der Waals surface area contributed by atoms with Crippen LogP contribution in [-0.4, -0.2) is 18.5 Å². The molecule has 1 unspecified atom stereocenters. The lowest BCUT2D eigenvalue weighted by Crippen LogP contribution is -2.32. The second-order valence-electron chi connectivity index (χ2n) is 4.41.